The van der Waals surface area contributed by atoms with Crippen molar-refractivity contribution in [3.8, 4) is 0 Å². The van der Waals surface area contributed by atoms with E-state index < -0.39 is 16.7 Å². The van der Waals surface area contributed by atoms with Crippen molar-refractivity contribution >= 4 is 0 Å². The molecule has 0 aromatic heterocycles. The van der Waals surface area contributed by atoms with Crippen molar-refractivity contribution in [1.29, 1.82) is 0 Å². The van der Waals surface area contributed by atoms with Gasteiger partial charge in [-0.05, 0) is 0 Å². The Hall–Kier alpha value is 1.32. The third-order valence-corrected chi connectivity index (χ3v) is 0. The van der Waals surface area contributed by atoms with Gasteiger partial charge in [0.1, 0.15) is 0 Å². The first-order valence-electron chi connectivity index (χ1n) is 0.667. The van der Waals surface area contributed by atoms with E-state index >= 15 is 0 Å². The summed E-state index contributed by atoms with van der Waals surface area (Å²) in [6.07, 6.45) is 0. The summed E-state index contributed by atoms with van der Waals surface area (Å²) >= 11 is -6.17. The molecule has 0 radical (unpaired) electrons. The summed E-state index contributed by atoms with van der Waals surface area (Å²) in [5.41, 5.74) is 0. The first-order chi connectivity index (χ1) is 2.00. The second kappa shape index (κ2) is 12.0. The summed E-state index contributed by atoms with van der Waals surface area (Å²) in [6.45, 7) is 0. The van der Waals surface area contributed by atoms with Crippen molar-refractivity contribution < 1.29 is 79.7 Å². The van der Waals surface area contributed by atoms with Gasteiger partial charge in [-0.3, -0.25) is 0 Å². The van der Waals surface area contributed by atoms with Gasteiger partial charge >= 0.3 is 68.8 Å². The molecule has 6 nitrogen and oxygen atoms in total. The van der Waals surface area contributed by atoms with E-state index in [2.05, 4.69) is 0 Å². The Kier molecular flexibility index (Phi) is 42.4. The van der Waals surface area contributed by atoms with E-state index in [1.807, 2.05) is 0 Å². The van der Waals surface area contributed by atoms with Gasteiger partial charge in [-0.15, -0.1) is 0 Å². The van der Waals surface area contributed by atoms with Gasteiger partial charge in [0.25, 0.3) is 0 Å². The van der Waals surface area contributed by atoms with Crippen LogP contribution in [0.25, 0.3) is 0 Å². The molecule has 0 fully saturated rings. The summed E-state index contributed by atoms with van der Waals surface area (Å²) < 4.78 is 34.6. The van der Waals surface area contributed by atoms with Crippen molar-refractivity contribution in [1.82, 2.24) is 0 Å². The fraction of sp³-hybridized carbons (Fsp3) is 0. The molecule has 9 heteroatoms. The first kappa shape index (κ1) is 31.7. The molecule has 0 saturated heterocycles. The van der Waals surface area contributed by atoms with Crippen molar-refractivity contribution in [2.24, 2.45) is 0 Å². The van der Waals surface area contributed by atoms with Crippen molar-refractivity contribution in [3.05, 3.63) is 0 Å². The molecular weight excluding hydrogens is 294 g/mol. The van der Waals surface area contributed by atoms with E-state index in [1.165, 1.54) is 0 Å². The summed E-state index contributed by atoms with van der Waals surface area (Å²) in [6, 6.07) is 0. The average molecular weight is 298 g/mol. The molecule has 48 valence electrons. The van der Waals surface area contributed by atoms with Gasteiger partial charge in [0.15, 0.2) is 0 Å². The van der Waals surface area contributed by atoms with Crippen molar-refractivity contribution in [2.45, 2.75) is 0 Å². The molecule has 0 aromatic rings. The van der Waals surface area contributed by atoms with Gasteiger partial charge < -0.3 is 11.0 Å². The molecule has 0 heterocycles. The molecule has 0 rings (SSSR count). The Morgan fingerprint density at radius 1 is 0.889 bits per heavy atom. The maximum absolute atomic E-state index is 8.65. The van der Waals surface area contributed by atoms with Crippen LogP contribution in [0.15, 0.2) is 0 Å². The van der Waals surface area contributed by atoms with Crippen LogP contribution in [0.3, 0.4) is 0 Å². The van der Waals surface area contributed by atoms with Crippen LogP contribution in [-0.2, 0) is 23.5 Å². The minimum absolute atomic E-state index is 0. The molecule has 9 heavy (non-hydrogen) atoms. The molecule has 0 saturated carbocycles. The van der Waals surface area contributed by atoms with E-state index in [9.17, 15) is 0 Å². The summed E-state index contributed by atoms with van der Waals surface area (Å²) in [7, 11) is 0. The van der Waals surface area contributed by atoms with Gasteiger partial charge in [-0.2, -0.15) is 0 Å². The molecular formula is H4Li2O6W. The van der Waals surface area contributed by atoms with E-state index in [1.54, 1.807) is 0 Å². The molecule has 0 spiro atoms. The standard InChI is InChI=1S/2Li.2H2O.4O.W/h;;2*1H2;;;;;/q2*+1;;;;;2*-1;. The van der Waals surface area contributed by atoms with Gasteiger partial charge in [0.05, 0.1) is 0 Å². The van der Waals surface area contributed by atoms with Crippen molar-refractivity contribution in [2.75, 3.05) is 0 Å². The Balaban J connectivity index is -0.0000000133. The topological polar surface area (TPSA) is 143 Å². The minimum atomic E-state index is -6.17. The monoisotopic (exact) mass is 298 g/mol. The molecule has 0 amide bonds. The quantitative estimate of drug-likeness (QED) is 0.409. The third kappa shape index (κ3) is 286. The predicted molar refractivity (Wildman–Crippen MR) is 8.60 cm³/mol. The van der Waals surface area contributed by atoms with Crippen LogP contribution in [-0.4, -0.2) is 11.0 Å². The Morgan fingerprint density at radius 3 is 0.889 bits per heavy atom. The number of hydrogen-bond acceptors (Lipinski definition) is 4. The van der Waals surface area contributed by atoms with Crippen LogP contribution in [0.4, 0.5) is 0 Å². The van der Waals surface area contributed by atoms with Crippen LogP contribution in [0.1, 0.15) is 0 Å². The van der Waals surface area contributed by atoms with Crippen molar-refractivity contribution in [3.63, 3.8) is 0 Å². The summed E-state index contributed by atoms with van der Waals surface area (Å²) in [5, 5.41) is 0. The molecule has 0 bridgehead atoms. The Morgan fingerprint density at radius 2 is 0.889 bits per heavy atom. The second-order valence-corrected chi connectivity index (χ2v) is 3.34. The zero-order valence-corrected chi connectivity index (χ0v) is 7.97. The molecule has 0 aliphatic carbocycles. The number of hydrogen-bond donors (Lipinski definition) is 0. The molecule has 0 atom stereocenters. The van der Waals surface area contributed by atoms with E-state index in [-0.39, 0.29) is 48.7 Å². The zero-order chi connectivity index (χ0) is 4.50. The zero-order valence-electron chi connectivity index (χ0n) is 5.04. The van der Waals surface area contributed by atoms with E-state index in [0.717, 1.165) is 0 Å². The summed E-state index contributed by atoms with van der Waals surface area (Å²) in [4.78, 5) is 0. The van der Waals surface area contributed by atoms with Crippen LogP contribution >= 0.6 is 0 Å². The SMILES string of the molecule is O.O.[Li+].[Li+].[O]=[W](=[O])([O-])[O-]. The maximum atomic E-state index is 8.65. The molecule has 4 N–H and O–H groups in total. The molecule has 0 aromatic carbocycles. The Bertz CT molecular complexity index is 94.2. The van der Waals surface area contributed by atoms with Gasteiger partial charge in [0, 0.05) is 0 Å². The second-order valence-electron chi connectivity index (χ2n) is 0.408. The molecule has 0 unspecified atom stereocenters. The fourth-order valence-electron chi connectivity index (χ4n) is 0. The summed E-state index contributed by atoms with van der Waals surface area (Å²) in [5.74, 6) is 0. The first-order valence-corrected chi connectivity index (χ1v) is 5.46. The van der Waals surface area contributed by atoms with Crippen LogP contribution in [0.5, 0.6) is 0 Å². The third-order valence-electron chi connectivity index (χ3n) is 0. The molecule has 0 aliphatic rings. The van der Waals surface area contributed by atoms with Gasteiger partial charge in [0.2, 0.25) is 0 Å². The van der Waals surface area contributed by atoms with E-state index in [0.29, 0.717) is 0 Å². The van der Waals surface area contributed by atoms with Gasteiger partial charge in [-0.1, -0.05) is 0 Å². The van der Waals surface area contributed by atoms with Crippen LogP contribution in [0.2, 0.25) is 0 Å². The predicted octanol–water partition coefficient (Wildman–Crippen LogP) is -10.3. The Labute approximate surface area is 79.3 Å². The van der Waals surface area contributed by atoms with E-state index in [4.69, 9.17) is 14.3 Å². The van der Waals surface area contributed by atoms with Crippen LogP contribution in [0, 0.1) is 0 Å². The number of rotatable bonds is 0. The van der Waals surface area contributed by atoms with Gasteiger partial charge in [-0.25, -0.2) is 0 Å². The van der Waals surface area contributed by atoms with Crippen LogP contribution < -0.4 is 45.2 Å². The molecule has 0 aliphatic heterocycles. The normalized spacial score (nSPS) is 6.44. The fourth-order valence-corrected chi connectivity index (χ4v) is 0. The average Bonchev–Trinajstić information content (AvgIpc) is 0.722.